The lowest BCUT2D eigenvalue weighted by Gasteiger charge is -2.39. The molecule has 5 heteroatoms. The molecule has 3 rings (SSSR count). The molecule has 1 amide bonds. The van der Waals surface area contributed by atoms with Gasteiger partial charge in [-0.3, -0.25) is 4.79 Å². The highest BCUT2D eigenvalue weighted by atomic mass is 19.1. The minimum atomic E-state index is -0.326. The van der Waals surface area contributed by atoms with Gasteiger partial charge < -0.3 is 14.5 Å². The van der Waals surface area contributed by atoms with Gasteiger partial charge in [0.1, 0.15) is 11.6 Å². The van der Waals surface area contributed by atoms with Gasteiger partial charge in [-0.1, -0.05) is 12.1 Å². The van der Waals surface area contributed by atoms with Crippen molar-refractivity contribution < 1.29 is 13.9 Å². The Hall–Kier alpha value is -2.56. The van der Waals surface area contributed by atoms with Gasteiger partial charge in [0.2, 0.25) is 0 Å². The van der Waals surface area contributed by atoms with Gasteiger partial charge in [0.05, 0.1) is 11.4 Å². The van der Waals surface area contributed by atoms with E-state index in [0.29, 0.717) is 18.3 Å². The lowest BCUT2D eigenvalue weighted by atomic mass is 10.1. The molecule has 2 aromatic rings. The molecular weight excluding hydrogens is 307 g/mol. The lowest BCUT2D eigenvalue weighted by Crippen LogP contribution is -2.47. The zero-order valence-corrected chi connectivity index (χ0v) is 13.9. The van der Waals surface area contributed by atoms with E-state index in [2.05, 4.69) is 18.7 Å². The van der Waals surface area contributed by atoms with Crippen molar-refractivity contribution in [1.82, 2.24) is 0 Å². The SMILES string of the molecule is CC(C)N1CCN(C(=O)COc2ccc(F)cc2)c2ccccc21. The number of rotatable bonds is 4. The highest BCUT2D eigenvalue weighted by molar-refractivity contribution is 5.98. The van der Waals surface area contributed by atoms with Gasteiger partial charge in [-0.05, 0) is 50.2 Å². The van der Waals surface area contributed by atoms with Crippen LogP contribution in [0.25, 0.3) is 0 Å². The molecule has 0 aliphatic carbocycles. The van der Waals surface area contributed by atoms with E-state index in [1.54, 1.807) is 4.90 Å². The number of hydrogen-bond donors (Lipinski definition) is 0. The van der Waals surface area contributed by atoms with Crippen molar-refractivity contribution in [3.8, 4) is 5.75 Å². The minimum Gasteiger partial charge on any atom is -0.484 e. The summed E-state index contributed by atoms with van der Waals surface area (Å²) in [6.07, 6.45) is 0. The molecule has 0 N–H and O–H groups in total. The molecule has 0 unspecified atom stereocenters. The highest BCUT2D eigenvalue weighted by Crippen LogP contribution is 2.34. The predicted octanol–water partition coefficient (Wildman–Crippen LogP) is 3.47. The van der Waals surface area contributed by atoms with Crippen LogP contribution in [0.1, 0.15) is 13.8 Å². The van der Waals surface area contributed by atoms with Crippen molar-refractivity contribution in [3.63, 3.8) is 0 Å². The average molecular weight is 328 g/mol. The highest BCUT2D eigenvalue weighted by Gasteiger charge is 2.27. The molecule has 4 nitrogen and oxygen atoms in total. The second kappa shape index (κ2) is 6.91. The quantitative estimate of drug-likeness (QED) is 0.861. The number of anilines is 2. The number of carbonyl (C=O) groups excluding carboxylic acids is 1. The summed E-state index contributed by atoms with van der Waals surface area (Å²) < 4.78 is 18.4. The van der Waals surface area contributed by atoms with E-state index < -0.39 is 0 Å². The first-order chi connectivity index (χ1) is 11.6. The van der Waals surface area contributed by atoms with Crippen LogP contribution in [0.3, 0.4) is 0 Å². The van der Waals surface area contributed by atoms with Crippen LogP contribution in [0.4, 0.5) is 15.8 Å². The molecule has 0 aromatic heterocycles. The first-order valence-corrected chi connectivity index (χ1v) is 8.10. The number of ether oxygens (including phenoxy) is 1. The maximum absolute atomic E-state index is 12.9. The number of hydrogen-bond acceptors (Lipinski definition) is 3. The Bertz CT molecular complexity index is 716. The molecular formula is C19H21FN2O2. The third kappa shape index (κ3) is 3.35. The van der Waals surface area contributed by atoms with Crippen LogP contribution in [0.15, 0.2) is 48.5 Å². The predicted molar refractivity (Wildman–Crippen MR) is 93.2 cm³/mol. The van der Waals surface area contributed by atoms with E-state index in [-0.39, 0.29) is 18.3 Å². The van der Waals surface area contributed by atoms with Gasteiger partial charge in [-0.15, -0.1) is 0 Å². The zero-order chi connectivity index (χ0) is 17.1. The van der Waals surface area contributed by atoms with Gasteiger partial charge in [-0.25, -0.2) is 4.39 Å². The molecule has 0 spiro atoms. The third-order valence-corrected chi connectivity index (χ3v) is 4.15. The number of para-hydroxylation sites is 2. The number of fused-ring (bicyclic) bond motifs is 1. The van der Waals surface area contributed by atoms with Gasteiger partial charge in [0, 0.05) is 19.1 Å². The molecule has 126 valence electrons. The van der Waals surface area contributed by atoms with Gasteiger partial charge in [0.15, 0.2) is 6.61 Å². The van der Waals surface area contributed by atoms with E-state index in [4.69, 9.17) is 4.74 Å². The zero-order valence-electron chi connectivity index (χ0n) is 13.9. The van der Waals surface area contributed by atoms with Crippen LogP contribution in [0.2, 0.25) is 0 Å². The Balaban J connectivity index is 1.73. The van der Waals surface area contributed by atoms with Crippen LogP contribution in [-0.2, 0) is 4.79 Å². The number of amides is 1. The summed E-state index contributed by atoms with van der Waals surface area (Å²) in [6.45, 7) is 5.64. The van der Waals surface area contributed by atoms with Crippen molar-refractivity contribution >= 4 is 17.3 Å². The first-order valence-electron chi connectivity index (χ1n) is 8.10. The Morgan fingerprint density at radius 1 is 1.08 bits per heavy atom. The van der Waals surface area contributed by atoms with Crippen LogP contribution >= 0.6 is 0 Å². The molecule has 2 aromatic carbocycles. The van der Waals surface area contributed by atoms with Crippen molar-refractivity contribution in [2.75, 3.05) is 29.5 Å². The average Bonchev–Trinajstić information content (AvgIpc) is 2.60. The number of benzene rings is 2. The topological polar surface area (TPSA) is 32.8 Å². The van der Waals surface area contributed by atoms with Crippen LogP contribution in [0, 0.1) is 5.82 Å². The summed E-state index contributed by atoms with van der Waals surface area (Å²) in [5.41, 5.74) is 1.97. The second-order valence-corrected chi connectivity index (χ2v) is 6.06. The first kappa shape index (κ1) is 16.3. The molecule has 1 aliphatic heterocycles. The normalized spacial score (nSPS) is 13.8. The smallest absolute Gasteiger partial charge is 0.265 e. The molecule has 0 atom stereocenters. The summed E-state index contributed by atoms with van der Waals surface area (Å²) in [5, 5.41) is 0. The van der Waals surface area contributed by atoms with Crippen LogP contribution in [0.5, 0.6) is 5.75 Å². The monoisotopic (exact) mass is 328 g/mol. The molecule has 1 aliphatic rings. The summed E-state index contributed by atoms with van der Waals surface area (Å²) in [4.78, 5) is 16.6. The summed E-state index contributed by atoms with van der Waals surface area (Å²) >= 11 is 0. The standard InChI is InChI=1S/C19H21FN2O2/c1-14(2)21-11-12-22(18-6-4-3-5-17(18)21)19(23)13-24-16-9-7-15(20)8-10-16/h3-10,14H,11-13H2,1-2H3. The number of carbonyl (C=O) groups is 1. The molecule has 0 fully saturated rings. The van der Waals surface area contributed by atoms with Crippen molar-refractivity contribution in [1.29, 1.82) is 0 Å². The summed E-state index contributed by atoms with van der Waals surface area (Å²) in [7, 11) is 0. The number of nitrogens with zero attached hydrogens (tertiary/aromatic N) is 2. The molecule has 0 saturated heterocycles. The molecule has 24 heavy (non-hydrogen) atoms. The van der Waals surface area contributed by atoms with E-state index in [1.807, 2.05) is 24.3 Å². The Kier molecular flexibility index (Phi) is 4.69. The number of halogens is 1. The second-order valence-electron chi connectivity index (χ2n) is 6.06. The van der Waals surface area contributed by atoms with Crippen molar-refractivity contribution in [2.45, 2.75) is 19.9 Å². The minimum absolute atomic E-state index is 0.0678. The molecule has 0 radical (unpaired) electrons. The fourth-order valence-electron chi connectivity index (χ4n) is 2.93. The van der Waals surface area contributed by atoms with E-state index in [1.165, 1.54) is 24.3 Å². The fourth-order valence-corrected chi connectivity index (χ4v) is 2.93. The van der Waals surface area contributed by atoms with Crippen molar-refractivity contribution in [2.24, 2.45) is 0 Å². The van der Waals surface area contributed by atoms with Gasteiger partial charge >= 0.3 is 0 Å². The van der Waals surface area contributed by atoms with E-state index >= 15 is 0 Å². The van der Waals surface area contributed by atoms with E-state index in [0.717, 1.165) is 17.9 Å². The fraction of sp³-hybridized carbons (Fsp3) is 0.316. The van der Waals surface area contributed by atoms with Crippen LogP contribution < -0.4 is 14.5 Å². The maximum atomic E-state index is 12.9. The maximum Gasteiger partial charge on any atom is 0.265 e. The molecule has 1 heterocycles. The Labute approximate surface area is 141 Å². The summed E-state index contributed by atoms with van der Waals surface area (Å²) in [6, 6.07) is 14.0. The van der Waals surface area contributed by atoms with Crippen LogP contribution in [-0.4, -0.2) is 31.6 Å². The molecule has 0 saturated carbocycles. The van der Waals surface area contributed by atoms with Crippen molar-refractivity contribution in [3.05, 3.63) is 54.3 Å². The Morgan fingerprint density at radius 3 is 2.42 bits per heavy atom. The van der Waals surface area contributed by atoms with E-state index in [9.17, 15) is 9.18 Å². The third-order valence-electron chi connectivity index (χ3n) is 4.15. The Morgan fingerprint density at radius 2 is 1.75 bits per heavy atom. The largest absolute Gasteiger partial charge is 0.484 e. The molecule has 0 bridgehead atoms. The lowest BCUT2D eigenvalue weighted by molar-refractivity contribution is -0.120. The van der Waals surface area contributed by atoms with Gasteiger partial charge in [0.25, 0.3) is 5.91 Å². The van der Waals surface area contributed by atoms with Gasteiger partial charge in [-0.2, -0.15) is 0 Å². The summed E-state index contributed by atoms with van der Waals surface area (Å²) in [5.74, 6) is 0.0569.